The average Bonchev–Trinajstić information content (AvgIpc) is 3.00. The highest BCUT2D eigenvalue weighted by atomic mass is 16.5. The predicted molar refractivity (Wildman–Crippen MR) is 90.5 cm³/mol. The summed E-state index contributed by atoms with van der Waals surface area (Å²) in [6.45, 7) is 1.80. The summed E-state index contributed by atoms with van der Waals surface area (Å²) in [6, 6.07) is 3.72. The van der Waals surface area contributed by atoms with Crippen molar-refractivity contribution in [2.75, 3.05) is 24.5 Å². The highest BCUT2D eigenvalue weighted by Gasteiger charge is 2.26. The molecule has 0 atom stereocenters. The third kappa shape index (κ3) is 3.22. The Labute approximate surface area is 145 Å². The number of carbonyl (C=O) groups is 2. The fourth-order valence-corrected chi connectivity index (χ4v) is 3.60. The Morgan fingerprint density at radius 2 is 2.04 bits per heavy atom. The lowest BCUT2D eigenvalue weighted by molar-refractivity contribution is -0.120. The van der Waals surface area contributed by atoms with Gasteiger partial charge in [0, 0.05) is 32.3 Å². The highest BCUT2D eigenvalue weighted by Crippen LogP contribution is 2.26. The van der Waals surface area contributed by atoms with E-state index in [-0.39, 0.29) is 5.91 Å². The van der Waals surface area contributed by atoms with Crippen LogP contribution in [0, 0.1) is 5.92 Å². The molecule has 0 aromatic carbocycles. The van der Waals surface area contributed by atoms with Crippen molar-refractivity contribution in [1.82, 2.24) is 20.0 Å². The van der Waals surface area contributed by atoms with E-state index in [1.54, 1.807) is 15.6 Å². The monoisotopic (exact) mass is 343 g/mol. The Morgan fingerprint density at radius 1 is 1.24 bits per heavy atom. The van der Waals surface area contributed by atoms with E-state index in [0.29, 0.717) is 32.0 Å². The number of urea groups is 1. The number of amides is 3. The first-order valence-electron chi connectivity index (χ1n) is 8.61. The molecular weight excluding hydrogens is 322 g/mol. The van der Waals surface area contributed by atoms with E-state index in [2.05, 4.69) is 22.5 Å². The van der Waals surface area contributed by atoms with Crippen molar-refractivity contribution in [3.63, 3.8) is 0 Å². The molecule has 0 bridgehead atoms. The van der Waals surface area contributed by atoms with E-state index in [1.807, 2.05) is 6.20 Å². The van der Waals surface area contributed by atoms with Crippen molar-refractivity contribution >= 4 is 23.1 Å². The number of aromatic nitrogens is 2. The average molecular weight is 343 g/mol. The van der Waals surface area contributed by atoms with Crippen molar-refractivity contribution in [2.24, 2.45) is 5.92 Å². The van der Waals surface area contributed by atoms with Crippen LogP contribution in [0.5, 0.6) is 0 Å². The molecule has 2 saturated heterocycles. The molecule has 0 spiro atoms. The van der Waals surface area contributed by atoms with E-state index in [9.17, 15) is 14.8 Å². The molecular formula is C17H21N5O3. The zero-order chi connectivity index (χ0) is 17.4. The summed E-state index contributed by atoms with van der Waals surface area (Å²) in [7, 11) is 0. The highest BCUT2D eigenvalue weighted by molar-refractivity contribution is 6.07. The number of pyridine rings is 1. The van der Waals surface area contributed by atoms with Gasteiger partial charge >= 0.3 is 6.03 Å². The maximum absolute atomic E-state index is 12.1. The third-order valence-electron chi connectivity index (χ3n) is 5.03. The normalized spacial score (nSPS) is 20.3. The van der Waals surface area contributed by atoms with Gasteiger partial charge in [-0.05, 0) is 42.9 Å². The number of nitrogens with one attached hydrogen (secondary N) is 1. The van der Waals surface area contributed by atoms with Gasteiger partial charge in [0.05, 0.1) is 17.4 Å². The number of hydrogen-bond acceptors (Lipinski definition) is 5. The smallest absolute Gasteiger partial charge is 0.314 e. The molecule has 2 aliphatic rings. The molecule has 132 valence electrons. The molecule has 3 amide bonds. The second kappa shape index (κ2) is 6.45. The van der Waals surface area contributed by atoms with Gasteiger partial charge in [0.1, 0.15) is 0 Å². The van der Waals surface area contributed by atoms with Gasteiger partial charge in [0.2, 0.25) is 5.91 Å². The maximum atomic E-state index is 12.1. The number of fused-ring (bicyclic) bond motifs is 1. The molecule has 8 nitrogen and oxygen atoms in total. The second-order valence-electron chi connectivity index (χ2n) is 6.75. The summed E-state index contributed by atoms with van der Waals surface area (Å²) < 4.78 is 1.75. The van der Waals surface area contributed by atoms with E-state index in [0.717, 1.165) is 30.5 Å². The Kier molecular flexibility index (Phi) is 4.14. The summed E-state index contributed by atoms with van der Waals surface area (Å²) in [5.41, 5.74) is 2.78. The zero-order valence-corrected chi connectivity index (χ0v) is 13.9. The lowest BCUT2D eigenvalue weighted by Crippen LogP contribution is -2.49. The lowest BCUT2D eigenvalue weighted by atomic mass is 9.91. The van der Waals surface area contributed by atoms with E-state index < -0.39 is 6.03 Å². The number of piperidine rings is 1. The van der Waals surface area contributed by atoms with Crippen LogP contribution in [0.1, 0.15) is 24.8 Å². The number of imide groups is 1. The van der Waals surface area contributed by atoms with Crippen LogP contribution in [0.25, 0.3) is 5.52 Å². The number of carbonyl (C=O) groups excluding carboxylic acids is 2. The number of hydrogen-bond donors (Lipinski definition) is 2. The standard InChI is InChI=1S/C17H21N5O3/c23-16-4-7-21(17(24)19-16)15-11-18-22-8-3-13(10-14(15)22)9-12-1-5-20(25)6-2-12/h3,8,10-12,25H,1-2,4-7,9H2,(H,19,23,24). The number of anilines is 1. The number of nitrogens with zero attached hydrogens (tertiary/aromatic N) is 4. The van der Waals surface area contributed by atoms with Crippen LogP contribution in [0.15, 0.2) is 24.5 Å². The minimum Gasteiger partial charge on any atom is -0.314 e. The van der Waals surface area contributed by atoms with Crippen LogP contribution in [0.2, 0.25) is 0 Å². The van der Waals surface area contributed by atoms with Gasteiger partial charge in [-0.2, -0.15) is 10.2 Å². The van der Waals surface area contributed by atoms with Gasteiger partial charge in [0.25, 0.3) is 0 Å². The molecule has 2 fully saturated rings. The molecule has 0 saturated carbocycles. The maximum Gasteiger partial charge on any atom is 0.328 e. The summed E-state index contributed by atoms with van der Waals surface area (Å²) in [5, 5.41) is 17.5. The fraction of sp³-hybridized carbons (Fsp3) is 0.471. The molecule has 4 heterocycles. The van der Waals surface area contributed by atoms with Gasteiger partial charge in [-0.25, -0.2) is 9.31 Å². The Morgan fingerprint density at radius 3 is 2.80 bits per heavy atom. The first-order chi connectivity index (χ1) is 12.1. The van der Waals surface area contributed by atoms with Crippen molar-refractivity contribution in [2.45, 2.75) is 25.7 Å². The van der Waals surface area contributed by atoms with Gasteiger partial charge in [-0.15, -0.1) is 0 Å². The molecule has 0 radical (unpaired) electrons. The zero-order valence-electron chi connectivity index (χ0n) is 13.9. The van der Waals surface area contributed by atoms with Gasteiger partial charge in [0.15, 0.2) is 0 Å². The number of rotatable bonds is 3. The van der Waals surface area contributed by atoms with Crippen molar-refractivity contribution in [1.29, 1.82) is 0 Å². The minimum atomic E-state index is -0.396. The fourth-order valence-electron chi connectivity index (χ4n) is 3.60. The molecule has 2 aromatic heterocycles. The predicted octanol–water partition coefficient (Wildman–Crippen LogP) is 1.42. The van der Waals surface area contributed by atoms with Crippen LogP contribution in [-0.4, -0.2) is 51.5 Å². The molecule has 2 N–H and O–H groups in total. The Bertz CT molecular complexity index is 810. The molecule has 8 heteroatoms. The third-order valence-corrected chi connectivity index (χ3v) is 5.03. The molecule has 0 aliphatic carbocycles. The summed E-state index contributed by atoms with van der Waals surface area (Å²) >= 11 is 0. The molecule has 25 heavy (non-hydrogen) atoms. The van der Waals surface area contributed by atoms with Crippen LogP contribution < -0.4 is 10.2 Å². The van der Waals surface area contributed by atoms with Crippen molar-refractivity contribution in [3.05, 3.63) is 30.1 Å². The van der Waals surface area contributed by atoms with Crippen molar-refractivity contribution in [3.8, 4) is 0 Å². The second-order valence-corrected chi connectivity index (χ2v) is 6.75. The van der Waals surface area contributed by atoms with E-state index in [1.165, 1.54) is 10.6 Å². The Hall–Kier alpha value is -2.45. The van der Waals surface area contributed by atoms with Crippen LogP contribution in [-0.2, 0) is 11.2 Å². The largest absolute Gasteiger partial charge is 0.328 e. The van der Waals surface area contributed by atoms with Gasteiger partial charge < -0.3 is 5.21 Å². The van der Waals surface area contributed by atoms with E-state index >= 15 is 0 Å². The van der Waals surface area contributed by atoms with Crippen LogP contribution in [0.4, 0.5) is 10.5 Å². The summed E-state index contributed by atoms with van der Waals surface area (Å²) in [6.07, 6.45) is 6.76. The SMILES string of the molecule is O=C1CCN(c2cnn3ccc(CC4CCN(O)CC4)cc23)C(=O)N1. The van der Waals surface area contributed by atoms with Crippen molar-refractivity contribution < 1.29 is 14.8 Å². The molecule has 0 unspecified atom stereocenters. The first kappa shape index (κ1) is 16.0. The minimum absolute atomic E-state index is 0.242. The summed E-state index contributed by atoms with van der Waals surface area (Å²) in [4.78, 5) is 25.0. The molecule has 2 aromatic rings. The molecule has 4 rings (SSSR count). The van der Waals surface area contributed by atoms with Gasteiger partial charge in [-0.3, -0.25) is 15.0 Å². The first-order valence-corrected chi connectivity index (χ1v) is 8.61. The Balaban J connectivity index is 1.57. The lowest BCUT2D eigenvalue weighted by Gasteiger charge is -2.27. The molecule has 2 aliphatic heterocycles. The van der Waals surface area contributed by atoms with Crippen LogP contribution in [0.3, 0.4) is 0 Å². The summed E-state index contributed by atoms with van der Waals surface area (Å²) in [5.74, 6) is 0.307. The topological polar surface area (TPSA) is 90.2 Å². The number of hydroxylamine groups is 2. The van der Waals surface area contributed by atoms with E-state index in [4.69, 9.17) is 0 Å². The quantitative estimate of drug-likeness (QED) is 0.880. The van der Waals surface area contributed by atoms with Gasteiger partial charge in [-0.1, -0.05) is 0 Å². The van der Waals surface area contributed by atoms with Crippen LogP contribution >= 0.6 is 0 Å².